The van der Waals surface area contributed by atoms with E-state index in [-0.39, 0.29) is 22.4 Å². The number of hydrogen-bond donors (Lipinski definition) is 2. The van der Waals surface area contributed by atoms with Gasteiger partial charge in [0.15, 0.2) is 5.13 Å². The third-order valence-electron chi connectivity index (χ3n) is 5.90. The number of amides is 1. The Morgan fingerprint density at radius 1 is 1.16 bits per heavy atom. The number of aryl methyl sites for hydroxylation is 2. The number of benzene rings is 1. The fourth-order valence-corrected chi connectivity index (χ4v) is 6.26. The van der Waals surface area contributed by atoms with Crippen LogP contribution in [0.25, 0.3) is 10.4 Å². The minimum atomic E-state index is -4.63. The van der Waals surface area contributed by atoms with E-state index in [0.717, 1.165) is 25.1 Å². The number of hydrogen-bond acceptors (Lipinski definition) is 7. The minimum absolute atomic E-state index is 0.0391. The Balaban J connectivity index is 1.52. The minimum Gasteiger partial charge on any atom is -0.381 e. The number of halogens is 3. The van der Waals surface area contributed by atoms with Gasteiger partial charge in [0, 0.05) is 19.6 Å². The molecule has 1 aromatic carbocycles. The Bertz CT molecular complexity index is 1380. The van der Waals surface area contributed by atoms with E-state index in [1.807, 2.05) is 0 Å². The molecule has 3 heterocycles. The number of ether oxygens (including phenoxy) is 1. The zero-order chi connectivity index (χ0) is 26.8. The lowest BCUT2D eigenvalue weighted by atomic mass is 9.96. The highest BCUT2D eigenvalue weighted by Gasteiger charge is 2.32. The molecule has 0 saturated carbocycles. The molecule has 198 valence electrons. The van der Waals surface area contributed by atoms with E-state index in [2.05, 4.69) is 20.0 Å². The van der Waals surface area contributed by atoms with Crippen molar-refractivity contribution in [2.45, 2.75) is 44.2 Å². The molecule has 13 heteroatoms. The van der Waals surface area contributed by atoms with Gasteiger partial charge in [-0.15, -0.1) is 0 Å². The van der Waals surface area contributed by atoms with Crippen LogP contribution in [0.4, 0.5) is 24.0 Å². The van der Waals surface area contributed by atoms with E-state index in [0.29, 0.717) is 52.5 Å². The third-order valence-corrected chi connectivity index (χ3v) is 8.55. The van der Waals surface area contributed by atoms with Crippen LogP contribution in [-0.2, 0) is 25.7 Å². The van der Waals surface area contributed by atoms with Gasteiger partial charge in [-0.05, 0) is 61.9 Å². The fourth-order valence-electron chi connectivity index (χ4n) is 3.96. The maximum Gasteiger partial charge on any atom is 0.433 e. The average molecular weight is 555 g/mol. The van der Waals surface area contributed by atoms with Crippen molar-refractivity contribution in [2.24, 2.45) is 5.92 Å². The Labute approximate surface area is 216 Å². The first kappa shape index (κ1) is 27.0. The molecule has 3 aromatic rings. The lowest BCUT2D eigenvalue weighted by Gasteiger charge is -2.20. The molecular weight excluding hydrogens is 529 g/mol. The summed E-state index contributed by atoms with van der Waals surface area (Å²) >= 11 is 1.24. The molecule has 1 saturated heterocycles. The molecule has 1 amide bonds. The molecule has 1 aliphatic heterocycles. The molecule has 0 radical (unpaired) electrons. The number of carbonyl (C=O) groups excluding carboxylic acids is 1. The molecule has 1 aliphatic rings. The molecule has 37 heavy (non-hydrogen) atoms. The highest BCUT2D eigenvalue weighted by molar-refractivity contribution is 7.92. The number of nitrogens with zero attached hydrogens (tertiary/aromatic N) is 2. The number of carbonyl (C=O) groups is 1. The zero-order valence-corrected chi connectivity index (χ0v) is 21.7. The van der Waals surface area contributed by atoms with Gasteiger partial charge in [0.25, 0.3) is 10.0 Å². The van der Waals surface area contributed by atoms with Crippen molar-refractivity contribution in [3.8, 4) is 10.4 Å². The van der Waals surface area contributed by atoms with Crippen LogP contribution in [0.3, 0.4) is 0 Å². The molecule has 0 spiro atoms. The number of thiazole rings is 1. The molecule has 2 aromatic heterocycles. The summed E-state index contributed by atoms with van der Waals surface area (Å²) in [7, 11) is -4.13. The molecule has 0 unspecified atom stereocenters. The van der Waals surface area contributed by atoms with E-state index < -0.39 is 21.9 Å². The van der Waals surface area contributed by atoms with Crippen molar-refractivity contribution >= 4 is 38.1 Å². The van der Waals surface area contributed by atoms with Crippen LogP contribution < -0.4 is 10.0 Å². The zero-order valence-electron chi connectivity index (χ0n) is 20.1. The van der Waals surface area contributed by atoms with Crippen LogP contribution in [0.15, 0.2) is 41.4 Å². The molecule has 2 N–H and O–H groups in total. The third kappa shape index (κ3) is 6.65. The number of rotatable bonds is 7. The van der Waals surface area contributed by atoms with Crippen LogP contribution in [0, 0.1) is 19.8 Å². The molecule has 4 rings (SSSR count). The fraction of sp³-hybridized carbons (Fsp3) is 0.375. The number of pyridine rings is 1. The smallest absolute Gasteiger partial charge is 0.381 e. The second kappa shape index (κ2) is 10.8. The topological polar surface area (TPSA) is 110 Å². The van der Waals surface area contributed by atoms with E-state index in [4.69, 9.17) is 4.74 Å². The number of sulfonamides is 1. The van der Waals surface area contributed by atoms with Crippen molar-refractivity contribution < 1.29 is 31.1 Å². The molecular formula is C24H25F3N4O4S2. The van der Waals surface area contributed by atoms with Gasteiger partial charge in [0.1, 0.15) is 5.69 Å². The molecule has 1 fully saturated rings. The Morgan fingerprint density at radius 3 is 2.54 bits per heavy atom. The van der Waals surface area contributed by atoms with E-state index in [9.17, 15) is 26.4 Å². The first-order valence-corrected chi connectivity index (χ1v) is 13.7. The van der Waals surface area contributed by atoms with Crippen LogP contribution in [-0.4, -0.2) is 37.5 Å². The van der Waals surface area contributed by atoms with Crippen LogP contribution in [0.1, 0.15) is 36.2 Å². The van der Waals surface area contributed by atoms with Gasteiger partial charge in [-0.25, -0.2) is 18.4 Å². The largest absolute Gasteiger partial charge is 0.433 e. The van der Waals surface area contributed by atoms with Crippen molar-refractivity contribution in [1.82, 2.24) is 9.97 Å². The highest BCUT2D eigenvalue weighted by Crippen LogP contribution is 2.35. The predicted octanol–water partition coefficient (Wildman–Crippen LogP) is 5.40. The first-order valence-electron chi connectivity index (χ1n) is 11.4. The summed E-state index contributed by atoms with van der Waals surface area (Å²) in [5.41, 5.74) is 0.435. The van der Waals surface area contributed by atoms with Crippen molar-refractivity contribution in [3.63, 3.8) is 0 Å². The summed E-state index contributed by atoms with van der Waals surface area (Å²) in [6, 6.07) is 6.58. The standard InChI is InChI=1S/C24H25F3N4O4S2/c1-14-3-4-17(12-19(14)37(33,34)31-18-5-6-20(28-13-18)24(25,26)27)22-15(2)29-23(36-22)30-21(32)11-16-7-9-35-10-8-16/h3-6,12-13,16,31H,7-11H2,1-2H3,(H,29,30,32). The maximum absolute atomic E-state index is 13.1. The molecule has 0 aliphatic carbocycles. The van der Waals surface area contributed by atoms with Crippen LogP contribution in [0.5, 0.6) is 0 Å². The van der Waals surface area contributed by atoms with Gasteiger partial charge >= 0.3 is 6.18 Å². The van der Waals surface area contributed by atoms with Gasteiger partial charge in [-0.1, -0.05) is 23.5 Å². The summed E-state index contributed by atoms with van der Waals surface area (Å²) < 4.78 is 72.0. The summed E-state index contributed by atoms with van der Waals surface area (Å²) in [6.45, 7) is 4.69. The molecule has 0 bridgehead atoms. The predicted molar refractivity (Wildman–Crippen MR) is 134 cm³/mol. The number of aromatic nitrogens is 2. The van der Waals surface area contributed by atoms with Crippen LogP contribution >= 0.6 is 11.3 Å². The van der Waals surface area contributed by atoms with Crippen LogP contribution in [0.2, 0.25) is 0 Å². The summed E-state index contributed by atoms with van der Waals surface area (Å²) in [6.07, 6.45) is -1.74. The second-order valence-electron chi connectivity index (χ2n) is 8.76. The molecule has 8 nitrogen and oxygen atoms in total. The van der Waals surface area contributed by atoms with E-state index in [1.54, 1.807) is 26.0 Å². The second-order valence-corrected chi connectivity index (χ2v) is 11.4. The normalized spacial score (nSPS) is 14.9. The van der Waals surface area contributed by atoms with Gasteiger partial charge < -0.3 is 10.1 Å². The summed E-state index contributed by atoms with van der Waals surface area (Å²) in [5, 5.41) is 3.25. The summed E-state index contributed by atoms with van der Waals surface area (Å²) in [4.78, 5) is 20.8. The lowest BCUT2D eigenvalue weighted by Crippen LogP contribution is -2.22. The Morgan fingerprint density at radius 2 is 1.89 bits per heavy atom. The van der Waals surface area contributed by atoms with Gasteiger partial charge in [-0.3, -0.25) is 9.52 Å². The number of anilines is 2. The van der Waals surface area contributed by atoms with Gasteiger partial charge in [0.05, 0.1) is 27.4 Å². The van der Waals surface area contributed by atoms with E-state index in [1.165, 1.54) is 17.4 Å². The quantitative estimate of drug-likeness (QED) is 0.405. The Kier molecular flexibility index (Phi) is 7.85. The van der Waals surface area contributed by atoms with Crippen molar-refractivity contribution in [1.29, 1.82) is 0 Å². The number of nitrogens with one attached hydrogen (secondary N) is 2. The Hall–Kier alpha value is -3.03. The van der Waals surface area contributed by atoms with E-state index >= 15 is 0 Å². The highest BCUT2D eigenvalue weighted by atomic mass is 32.2. The lowest BCUT2D eigenvalue weighted by molar-refractivity contribution is -0.141. The van der Waals surface area contributed by atoms with Crippen molar-refractivity contribution in [2.75, 3.05) is 23.3 Å². The maximum atomic E-state index is 13.1. The summed E-state index contributed by atoms with van der Waals surface area (Å²) in [5.74, 6) is 0.139. The average Bonchev–Trinajstić information content (AvgIpc) is 3.19. The monoisotopic (exact) mass is 554 g/mol. The van der Waals surface area contributed by atoms with Gasteiger partial charge in [0.2, 0.25) is 5.91 Å². The molecule has 0 atom stereocenters. The van der Waals surface area contributed by atoms with Crippen molar-refractivity contribution in [3.05, 3.63) is 53.5 Å². The number of alkyl halides is 3. The SMILES string of the molecule is Cc1ccc(-c2sc(NC(=O)CC3CCOCC3)nc2C)cc1S(=O)(=O)Nc1ccc(C(F)(F)F)nc1. The first-order chi connectivity index (χ1) is 17.4. The van der Waals surface area contributed by atoms with Gasteiger partial charge in [-0.2, -0.15) is 13.2 Å².